The SMILES string of the molecule is O=C(NC1CCCc2ccccc21)C1CCN(S(=O)(=O)c2ccc3c(c2)OCCO3)CC1. The Balaban J connectivity index is 1.22. The molecule has 1 aliphatic carbocycles. The standard InChI is InChI=1S/C24H28N2O5S/c27-24(25-21-7-3-5-17-4-1-2-6-20(17)21)18-10-12-26(13-11-18)32(28,29)19-8-9-22-23(16-19)31-15-14-30-22/h1-2,4,6,8-9,16,18,21H,3,5,7,10-15H2,(H,25,27). The molecule has 0 bridgehead atoms. The van der Waals surface area contributed by atoms with Crippen LogP contribution in [-0.4, -0.2) is 44.9 Å². The molecule has 8 heteroatoms. The van der Waals surface area contributed by atoms with Gasteiger partial charge in [0.25, 0.3) is 0 Å². The first kappa shape index (κ1) is 21.3. The maximum atomic E-state index is 13.1. The topological polar surface area (TPSA) is 84.9 Å². The molecule has 1 atom stereocenters. The van der Waals surface area contributed by atoms with Gasteiger partial charge < -0.3 is 14.8 Å². The van der Waals surface area contributed by atoms with Crippen molar-refractivity contribution < 1.29 is 22.7 Å². The van der Waals surface area contributed by atoms with Gasteiger partial charge in [0.1, 0.15) is 13.2 Å². The van der Waals surface area contributed by atoms with Gasteiger partial charge in [0, 0.05) is 25.1 Å². The number of amides is 1. The number of hydrogen-bond donors (Lipinski definition) is 1. The molecule has 2 aromatic rings. The Bertz CT molecular complexity index is 1110. The largest absolute Gasteiger partial charge is 0.486 e. The molecule has 0 radical (unpaired) electrons. The third kappa shape index (κ3) is 4.09. The molecular formula is C24H28N2O5S. The van der Waals surface area contributed by atoms with Crippen LogP contribution in [0.15, 0.2) is 47.4 Å². The molecule has 0 spiro atoms. The van der Waals surface area contributed by atoms with Crippen molar-refractivity contribution in [3.8, 4) is 11.5 Å². The summed E-state index contributed by atoms with van der Waals surface area (Å²) in [6, 6.07) is 13.1. The lowest BCUT2D eigenvalue weighted by atomic mass is 9.87. The minimum absolute atomic E-state index is 0.0306. The summed E-state index contributed by atoms with van der Waals surface area (Å²) in [4.78, 5) is 13.2. The fourth-order valence-electron chi connectivity index (χ4n) is 4.88. The normalized spacial score (nSPS) is 21.6. The summed E-state index contributed by atoms with van der Waals surface area (Å²) in [5, 5.41) is 3.23. The van der Waals surface area contributed by atoms with Gasteiger partial charge in [-0.05, 0) is 55.4 Å². The molecular weight excluding hydrogens is 428 g/mol. The third-order valence-electron chi connectivity index (χ3n) is 6.66. The van der Waals surface area contributed by atoms with Gasteiger partial charge in [-0.15, -0.1) is 0 Å². The van der Waals surface area contributed by atoms with Crippen LogP contribution in [0.5, 0.6) is 11.5 Å². The van der Waals surface area contributed by atoms with Crippen molar-refractivity contribution in [1.29, 1.82) is 0 Å². The second kappa shape index (κ2) is 8.75. The molecule has 1 saturated heterocycles. The van der Waals surface area contributed by atoms with Crippen LogP contribution in [0, 0.1) is 5.92 Å². The van der Waals surface area contributed by atoms with Crippen LogP contribution in [0.4, 0.5) is 0 Å². The van der Waals surface area contributed by atoms with E-state index in [0.29, 0.717) is 50.6 Å². The van der Waals surface area contributed by atoms with Crippen molar-refractivity contribution in [2.75, 3.05) is 26.3 Å². The summed E-state index contributed by atoms with van der Waals surface area (Å²) in [7, 11) is -3.65. The maximum absolute atomic E-state index is 13.1. The molecule has 32 heavy (non-hydrogen) atoms. The van der Waals surface area contributed by atoms with Gasteiger partial charge in [0.2, 0.25) is 15.9 Å². The van der Waals surface area contributed by atoms with Gasteiger partial charge in [-0.3, -0.25) is 4.79 Å². The third-order valence-corrected chi connectivity index (χ3v) is 8.56. The van der Waals surface area contributed by atoms with Crippen LogP contribution in [-0.2, 0) is 21.2 Å². The Hall–Kier alpha value is -2.58. The summed E-state index contributed by atoms with van der Waals surface area (Å²) in [6.07, 6.45) is 4.10. The number of sulfonamides is 1. The van der Waals surface area contributed by atoms with E-state index in [0.717, 1.165) is 19.3 Å². The lowest BCUT2D eigenvalue weighted by molar-refractivity contribution is -0.127. The number of nitrogens with one attached hydrogen (secondary N) is 1. The highest BCUT2D eigenvalue weighted by Crippen LogP contribution is 2.34. The van der Waals surface area contributed by atoms with Gasteiger partial charge in [0.05, 0.1) is 10.9 Å². The Labute approximate surface area is 188 Å². The number of aryl methyl sites for hydroxylation is 1. The highest BCUT2D eigenvalue weighted by Gasteiger charge is 2.34. The van der Waals surface area contributed by atoms with E-state index in [2.05, 4.69) is 17.4 Å². The molecule has 7 nitrogen and oxygen atoms in total. The van der Waals surface area contributed by atoms with Crippen molar-refractivity contribution in [3.63, 3.8) is 0 Å². The molecule has 1 unspecified atom stereocenters. The zero-order valence-electron chi connectivity index (χ0n) is 18.0. The number of benzene rings is 2. The molecule has 1 N–H and O–H groups in total. The summed E-state index contributed by atoms with van der Waals surface area (Å²) >= 11 is 0. The van der Waals surface area contributed by atoms with Crippen molar-refractivity contribution in [1.82, 2.24) is 9.62 Å². The van der Waals surface area contributed by atoms with Crippen molar-refractivity contribution in [2.24, 2.45) is 5.92 Å². The first-order valence-electron chi connectivity index (χ1n) is 11.3. The molecule has 2 heterocycles. The Kier molecular flexibility index (Phi) is 5.82. The van der Waals surface area contributed by atoms with Crippen LogP contribution >= 0.6 is 0 Å². The molecule has 1 fully saturated rings. The van der Waals surface area contributed by atoms with Crippen LogP contribution in [0.25, 0.3) is 0 Å². The van der Waals surface area contributed by atoms with E-state index in [4.69, 9.17) is 9.47 Å². The van der Waals surface area contributed by atoms with Gasteiger partial charge in [0.15, 0.2) is 11.5 Å². The van der Waals surface area contributed by atoms with E-state index >= 15 is 0 Å². The summed E-state index contributed by atoms with van der Waals surface area (Å²) in [5.74, 6) is 0.883. The van der Waals surface area contributed by atoms with Crippen LogP contribution in [0.2, 0.25) is 0 Å². The lowest BCUT2D eigenvalue weighted by Gasteiger charge is -2.33. The van der Waals surface area contributed by atoms with Crippen molar-refractivity contribution in [3.05, 3.63) is 53.6 Å². The highest BCUT2D eigenvalue weighted by molar-refractivity contribution is 7.89. The van der Waals surface area contributed by atoms with Gasteiger partial charge in [-0.25, -0.2) is 8.42 Å². The van der Waals surface area contributed by atoms with Gasteiger partial charge in [-0.1, -0.05) is 24.3 Å². The molecule has 2 aliphatic heterocycles. The van der Waals surface area contributed by atoms with Crippen LogP contribution < -0.4 is 14.8 Å². The zero-order valence-corrected chi connectivity index (χ0v) is 18.8. The number of hydrogen-bond acceptors (Lipinski definition) is 5. The Morgan fingerprint density at radius 2 is 1.72 bits per heavy atom. The fourth-order valence-corrected chi connectivity index (χ4v) is 6.37. The average molecular weight is 457 g/mol. The smallest absolute Gasteiger partial charge is 0.243 e. The number of carbonyl (C=O) groups is 1. The van der Waals surface area contributed by atoms with E-state index in [1.54, 1.807) is 12.1 Å². The van der Waals surface area contributed by atoms with Crippen LogP contribution in [0.1, 0.15) is 42.9 Å². The highest BCUT2D eigenvalue weighted by atomic mass is 32.2. The monoisotopic (exact) mass is 456 g/mol. The molecule has 0 aromatic heterocycles. The first-order chi connectivity index (χ1) is 15.5. The van der Waals surface area contributed by atoms with E-state index in [9.17, 15) is 13.2 Å². The second-order valence-electron chi connectivity index (χ2n) is 8.64. The summed E-state index contributed by atoms with van der Waals surface area (Å²) in [5.41, 5.74) is 2.52. The minimum atomic E-state index is -3.65. The molecule has 2 aromatic carbocycles. The minimum Gasteiger partial charge on any atom is -0.486 e. The van der Waals surface area contributed by atoms with Gasteiger partial charge >= 0.3 is 0 Å². The maximum Gasteiger partial charge on any atom is 0.243 e. The van der Waals surface area contributed by atoms with Crippen molar-refractivity contribution in [2.45, 2.75) is 43.0 Å². The number of piperidine rings is 1. The fraction of sp³-hybridized carbons (Fsp3) is 0.458. The quantitative estimate of drug-likeness (QED) is 0.764. The number of nitrogens with zero attached hydrogens (tertiary/aromatic N) is 1. The predicted octanol–water partition coefficient (Wildman–Crippen LogP) is 3.05. The van der Waals surface area contributed by atoms with E-state index < -0.39 is 10.0 Å². The van der Waals surface area contributed by atoms with Crippen LogP contribution in [0.3, 0.4) is 0 Å². The van der Waals surface area contributed by atoms with E-state index in [-0.39, 0.29) is 22.8 Å². The summed E-state index contributed by atoms with van der Waals surface area (Å²) in [6.45, 7) is 1.52. The number of carbonyl (C=O) groups excluding carboxylic acids is 1. The Morgan fingerprint density at radius 1 is 0.969 bits per heavy atom. The number of fused-ring (bicyclic) bond motifs is 2. The van der Waals surface area contributed by atoms with E-state index in [1.807, 2.05) is 12.1 Å². The molecule has 3 aliphatic rings. The zero-order chi connectivity index (χ0) is 22.1. The Morgan fingerprint density at radius 3 is 2.53 bits per heavy atom. The molecule has 1 amide bonds. The second-order valence-corrected chi connectivity index (χ2v) is 10.6. The lowest BCUT2D eigenvalue weighted by Crippen LogP contribution is -2.44. The number of ether oxygens (including phenoxy) is 2. The molecule has 0 saturated carbocycles. The number of rotatable bonds is 4. The van der Waals surface area contributed by atoms with Gasteiger partial charge in [-0.2, -0.15) is 4.31 Å². The molecule has 170 valence electrons. The van der Waals surface area contributed by atoms with E-state index in [1.165, 1.54) is 21.5 Å². The summed E-state index contributed by atoms with van der Waals surface area (Å²) < 4.78 is 38.8. The van der Waals surface area contributed by atoms with Crippen molar-refractivity contribution >= 4 is 15.9 Å². The first-order valence-corrected chi connectivity index (χ1v) is 12.7. The molecule has 5 rings (SSSR count). The average Bonchev–Trinajstić information content (AvgIpc) is 2.84. The predicted molar refractivity (Wildman–Crippen MR) is 119 cm³/mol.